The molecule has 0 fully saturated rings. The van der Waals surface area contributed by atoms with Gasteiger partial charge in [0.15, 0.2) is 0 Å². The van der Waals surface area contributed by atoms with E-state index in [4.69, 9.17) is 0 Å². The summed E-state index contributed by atoms with van der Waals surface area (Å²) < 4.78 is 0.984. The predicted molar refractivity (Wildman–Crippen MR) is 57.7 cm³/mol. The van der Waals surface area contributed by atoms with Gasteiger partial charge in [0.2, 0.25) is 0 Å². The zero-order chi connectivity index (χ0) is 9.19. The van der Waals surface area contributed by atoms with E-state index >= 15 is 0 Å². The smallest absolute Gasteiger partial charge is 0.120 e. The maximum Gasteiger partial charge on any atom is 0.120 e. The van der Waals surface area contributed by atoms with Crippen LogP contribution in [0.25, 0.3) is 0 Å². The van der Waals surface area contributed by atoms with E-state index in [0.717, 1.165) is 10.8 Å². The van der Waals surface area contributed by atoms with Crippen LogP contribution >= 0.6 is 31.9 Å². The molecule has 0 aliphatic heterocycles. The lowest BCUT2D eigenvalue weighted by atomic mass is 9.87. The summed E-state index contributed by atoms with van der Waals surface area (Å²) in [6.07, 6.45) is 7.53. The topological polar surface area (TPSA) is 17.1 Å². The number of hydrogen-bond donors (Lipinski definition) is 0. The molecule has 66 valence electrons. The highest BCUT2D eigenvalue weighted by molar-refractivity contribution is 9.12. The van der Waals surface area contributed by atoms with Crippen molar-refractivity contribution < 1.29 is 4.79 Å². The maximum atomic E-state index is 10.4. The van der Waals surface area contributed by atoms with Crippen molar-refractivity contribution in [2.75, 3.05) is 0 Å². The minimum absolute atomic E-state index is 0.0957. The monoisotopic (exact) mass is 292 g/mol. The van der Waals surface area contributed by atoms with Crippen LogP contribution in [0, 0.1) is 5.92 Å². The Balaban J connectivity index is 2.86. The molecule has 2 unspecified atom stereocenters. The standard InChI is InChI=1S/C9H10Br2O/c1-9(11)5-2-3-8(10)7(9)4-6-12/h2-3,5-7H,4H2,1H3. The van der Waals surface area contributed by atoms with Crippen LogP contribution in [0.5, 0.6) is 0 Å². The zero-order valence-electron chi connectivity index (χ0n) is 6.76. The molecule has 12 heavy (non-hydrogen) atoms. The molecule has 0 amide bonds. The highest BCUT2D eigenvalue weighted by atomic mass is 79.9. The summed E-state index contributed by atoms with van der Waals surface area (Å²) in [4.78, 5) is 10.4. The molecule has 0 spiro atoms. The molecule has 0 N–H and O–H groups in total. The van der Waals surface area contributed by atoms with Crippen molar-refractivity contribution in [2.24, 2.45) is 5.92 Å². The largest absolute Gasteiger partial charge is 0.303 e. The van der Waals surface area contributed by atoms with Gasteiger partial charge in [-0.15, -0.1) is 0 Å². The van der Waals surface area contributed by atoms with Crippen molar-refractivity contribution in [3.05, 3.63) is 22.7 Å². The van der Waals surface area contributed by atoms with Gasteiger partial charge in [-0.3, -0.25) is 0 Å². The van der Waals surface area contributed by atoms with E-state index in [0.29, 0.717) is 6.42 Å². The normalized spacial score (nSPS) is 34.6. The first-order chi connectivity index (χ1) is 5.58. The van der Waals surface area contributed by atoms with E-state index in [1.807, 2.05) is 12.2 Å². The molecule has 3 heteroatoms. The first-order valence-electron chi connectivity index (χ1n) is 3.75. The fraction of sp³-hybridized carbons (Fsp3) is 0.444. The Labute approximate surface area is 89.2 Å². The Morgan fingerprint density at radius 3 is 2.92 bits per heavy atom. The van der Waals surface area contributed by atoms with Crippen molar-refractivity contribution >= 4 is 38.1 Å². The fourth-order valence-corrected chi connectivity index (χ4v) is 2.98. The molecule has 0 aromatic carbocycles. The van der Waals surface area contributed by atoms with Crippen LogP contribution in [-0.2, 0) is 4.79 Å². The molecular weight excluding hydrogens is 284 g/mol. The SMILES string of the molecule is CC1(Br)C=CC=C(Br)C1CC=O. The first-order valence-corrected chi connectivity index (χ1v) is 5.34. The summed E-state index contributed by atoms with van der Waals surface area (Å²) in [5.41, 5.74) is 0. The van der Waals surface area contributed by atoms with Gasteiger partial charge in [0.25, 0.3) is 0 Å². The van der Waals surface area contributed by atoms with Gasteiger partial charge in [-0.2, -0.15) is 0 Å². The molecule has 0 bridgehead atoms. The highest BCUT2D eigenvalue weighted by Gasteiger charge is 2.32. The number of hydrogen-bond acceptors (Lipinski definition) is 1. The Kier molecular flexibility index (Phi) is 3.29. The third kappa shape index (κ3) is 2.07. The van der Waals surface area contributed by atoms with Crippen LogP contribution in [0.2, 0.25) is 0 Å². The molecule has 1 rings (SSSR count). The molecular formula is C9H10Br2O. The van der Waals surface area contributed by atoms with Crippen LogP contribution in [0.15, 0.2) is 22.7 Å². The number of carbonyl (C=O) groups excluding carboxylic acids is 1. The number of aldehydes is 1. The average molecular weight is 294 g/mol. The van der Waals surface area contributed by atoms with Crippen LogP contribution < -0.4 is 0 Å². The Hall–Kier alpha value is 0.110. The number of halogens is 2. The minimum atomic E-state index is -0.0957. The third-order valence-electron chi connectivity index (χ3n) is 2.02. The number of rotatable bonds is 2. The molecule has 1 aliphatic rings. The van der Waals surface area contributed by atoms with Gasteiger partial charge >= 0.3 is 0 Å². The van der Waals surface area contributed by atoms with Gasteiger partial charge in [-0.1, -0.05) is 50.1 Å². The van der Waals surface area contributed by atoms with E-state index in [1.54, 1.807) is 0 Å². The number of carbonyl (C=O) groups is 1. The van der Waals surface area contributed by atoms with Gasteiger partial charge in [0.05, 0.1) is 0 Å². The van der Waals surface area contributed by atoms with Crippen molar-refractivity contribution in [1.29, 1.82) is 0 Å². The number of allylic oxidation sites excluding steroid dienone is 4. The third-order valence-corrected chi connectivity index (χ3v) is 3.66. The van der Waals surface area contributed by atoms with E-state index in [1.165, 1.54) is 0 Å². The van der Waals surface area contributed by atoms with Crippen LogP contribution in [0.3, 0.4) is 0 Å². The fourth-order valence-electron chi connectivity index (χ4n) is 1.27. The van der Waals surface area contributed by atoms with Gasteiger partial charge in [-0.05, 0) is 6.92 Å². The molecule has 0 saturated heterocycles. The summed E-state index contributed by atoms with van der Waals surface area (Å²) in [5.74, 6) is 0.222. The van der Waals surface area contributed by atoms with Crippen molar-refractivity contribution in [3.63, 3.8) is 0 Å². The molecule has 0 saturated carbocycles. The molecule has 0 aromatic heterocycles. The summed E-state index contributed by atoms with van der Waals surface area (Å²) in [7, 11) is 0. The molecule has 1 aliphatic carbocycles. The van der Waals surface area contributed by atoms with Crippen LogP contribution in [0.1, 0.15) is 13.3 Å². The summed E-state index contributed by atoms with van der Waals surface area (Å²) >= 11 is 7.04. The van der Waals surface area contributed by atoms with Crippen LogP contribution in [0.4, 0.5) is 0 Å². The Bertz CT molecular complexity index is 241. The highest BCUT2D eigenvalue weighted by Crippen LogP contribution is 2.40. The van der Waals surface area contributed by atoms with Crippen molar-refractivity contribution in [3.8, 4) is 0 Å². The maximum absolute atomic E-state index is 10.4. The lowest BCUT2D eigenvalue weighted by molar-refractivity contribution is -0.108. The molecule has 0 aromatic rings. The Morgan fingerprint density at radius 1 is 1.75 bits per heavy atom. The quantitative estimate of drug-likeness (QED) is 0.564. The predicted octanol–water partition coefficient (Wildman–Crippen LogP) is 3.19. The lowest BCUT2D eigenvalue weighted by Gasteiger charge is -2.30. The zero-order valence-corrected chi connectivity index (χ0v) is 9.93. The summed E-state index contributed by atoms with van der Waals surface area (Å²) in [6.45, 7) is 2.06. The van der Waals surface area contributed by atoms with E-state index < -0.39 is 0 Å². The van der Waals surface area contributed by atoms with Gasteiger partial charge in [0.1, 0.15) is 6.29 Å². The van der Waals surface area contributed by atoms with Gasteiger partial charge in [0, 0.05) is 21.1 Å². The minimum Gasteiger partial charge on any atom is -0.303 e. The second kappa shape index (κ2) is 3.88. The van der Waals surface area contributed by atoms with E-state index in [2.05, 4.69) is 44.9 Å². The van der Waals surface area contributed by atoms with Crippen molar-refractivity contribution in [1.82, 2.24) is 0 Å². The van der Waals surface area contributed by atoms with E-state index in [9.17, 15) is 4.79 Å². The Morgan fingerprint density at radius 2 is 2.42 bits per heavy atom. The first kappa shape index (κ1) is 10.2. The molecule has 0 heterocycles. The van der Waals surface area contributed by atoms with Crippen molar-refractivity contribution in [2.45, 2.75) is 17.7 Å². The lowest BCUT2D eigenvalue weighted by Crippen LogP contribution is -2.27. The number of alkyl halides is 1. The summed E-state index contributed by atoms with van der Waals surface area (Å²) in [5, 5.41) is 0. The average Bonchev–Trinajstić information content (AvgIpc) is 1.97. The second-order valence-electron chi connectivity index (χ2n) is 3.02. The molecule has 0 radical (unpaired) electrons. The van der Waals surface area contributed by atoms with Gasteiger partial charge < -0.3 is 4.79 Å². The second-order valence-corrected chi connectivity index (χ2v) is 5.64. The van der Waals surface area contributed by atoms with Gasteiger partial charge in [-0.25, -0.2) is 0 Å². The molecule has 1 nitrogen and oxygen atoms in total. The molecule has 2 atom stereocenters. The van der Waals surface area contributed by atoms with Crippen LogP contribution in [-0.4, -0.2) is 10.6 Å². The summed E-state index contributed by atoms with van der Waals surface area (Å²) in [6, 6.07) is 0. The van der Waals surface area contributed by atoms with E-state index in [-0.39, 0.29) is 10.2 Å².